The Morgan fingerprint density at radius 3 is 2.86 bits per heavy atom. The summed E-state index contributed by atoms with van der Waals surface area (Å²) >= 11 is 9.16. The molecular weight excluding hydrogens is 359 g/mol. The molecule has 0 unspecified atom stereocenters. The molecule has 108 valence electrons. The first kappa shape index (κ1) is 14.4. The van der Waals surface area contributed by atoms with Crippen molar-refractivity contribution in [1.82, 2.24) is 19.5 Å². The molecule has 0 bridgehead atoms. The van der Waals surface area contributed by atoms with E-state index in [0.29, 0.717) is 28.2 Å². The van der Waals surface area contributed by atoms with Crippen LogP contribution in [0.5, 0.6) is 0 Å². The molecule has 0 aliphatic heterocycles. The van der Waals surface area contributed by atoms with E-state index in [4.69, 9.17) is 11.6 Å². The number of hydrogen-bond acceptors (Lipinski definition) is 3. The zero-order valence-corrected chi connectivity index (χ0v) is 13.5. The lowest BCUT2D eigenvalue weighted by Crippen LogP contribution is -2.06. The molecule has 0 atom stereocenters. The summed E-state index contributed by atoms with van der Waals surface area (Å²) in [4.78, 5) is 12.8. The predicted molar refractivity (Wildman–Crippen MR) is 82.8 cm³/mol. The highest BCUT2D eigenvalue weighted by atomic mass is 79.9. The fourth-order valence-corrected chi connectivity index (χ4v) is 2.74. The average molecular weight is 370 g/mol. The van der Waals surface area contributed by atoms with Gasteiger partial charge in [-0.15, -0.1) is 11.6 Å². The Balaban J connectivity index is 2.14. The van der Waals surface area contributed by atoms with Crippen LogP contribution in [0.4, 0.5) is 4.39 Å². The summed E-state index contributed by atoms with van der Waals surface area (Å²) in [6.07, 6.45) is 1.72. The van der Waals surface area contributed by atoms with Crippen LogP contribution in [0.15, 0.2) is 28.9 Å². The summed E-state index contributed by atoms with van der Waals surface area (Å²) in [5.74, 6) is 1.29. The molecule has 0 radical (unpaired) electrons. The third-order valence-electron chi connectivity index (χ3n) is 3.14. The molecule has 0 N–H and O–H groups in total. The maximum Gasteiger partial charge on any atom is 0.139 e. The molecule has 0 spiro atoms. The Labute approximate surface area is 134 Å². The maximum atomic E-state index is 13.6. The number of alkyl halides is 1. The van der Waals surface area contributed by atoms with Crippen LogP contribution in [0, 0.1) is 12.7 Å². The second-order valence-electron chi connectivity index (χ2n) is 4.60. The van der Waals surface area contributed by atoms with Gasteiger partial charge in [0.15, 0.2) is 0 Å². The lowest BCUT2D eigenvalue weighted by Gasteiger charge is -2.08. The highest BCUT2D eigenvalue weighted by Crippen LogP contribution is 2.25. The Morgan fingerprint density at radius 2 is 2.14 bits per heavy atom. The lowest BCUT2D eigenvalue weighted by molar-refractivity contribution is 0.622. The van der Waals surface area contributed by atoms with E-state index >= 15 is 0 Å². The molecule has 1 aromatic carbocycles. The summed E-state index contributed by atoms with van der Waals surface area (Å²) in [5, 5.41) is 0. The minimum Gasteiger partial charge on any atom is -0.321 e. The number of aryl methyl sites for hydroxylation is 1. The largest absolute Gasteiger partial charge is 0.321 e. The number of nitrogens with zero attached hydrogens (tertiary/aromatic N) is 4. The SMILES string of the molecule is Cc1nccc(Cn2c(CCl)nc3cc(F)c(Br)cc32)n1. The van der Waals surface area contributed by atoms with Crippen molar-refractivity contribution in [2.24, 2.45) is 0 Å². The van der Waals surface area contributed by atoms with Crippen LogP contribution in [-0.4, -0.2) is 19.5 Å². The molecule has 3 aromatic rings. The van der Waals surface area contributed by atoms with E-state index in [1.807, 2.05) is 17.6 Å². The summed E-state index contributed by atoms with van der Waals surface area (Å²) < 4.78 is 16.0. The molecule has 2 heterocycles. The van der Waals surface area contributed by atoms with Gasteiger partial charge in [-0.1, -0.05) is 0 Å². The molecule has 3 rings (SSSR count). The van der Waals surface area contributed by atoms with Gasteiger partial charge in [0.05, 0.1) is 33.6 Å². The molecule has 0 saturated carbocycles. The van der Waals surface area contributed by atoms with Gasteiger partial charge in [0, 0.05) is 12.3 Å². The molecule has 4 nitrogen and oxygen atoms in total. The van der Waals surface area contributed by atoms with Crippen LogP contribution in [0.2, 0.25) is 0 Å². The molecule has 0 fully saturated rings. The van der Waals surface area contributed by atoms with E-state index in [2.05, 4.69) is 30.9 Å². The van der Waals surface area contributed by atoms with Gasteiger partial charge >= 0.3 is 0 Å². The number of rotatable bonds is 3. The topological polar surface area (TPSA) is 43.6 Å². The van der Waals surface area contributed by atoms with Gasteiger partial charge in [-0.3, -0.25) is 0 Å². The summed E-state index contributed by atoms with van der Waals surface area (Å²) in [6, 6.07) is 4.95. The average Bonchev–Trinajstić information content (AvgIpc) is 2.77. The Hall–Kier alpha value is -1.53. The molecule has 2 aromatic heterocycles. The van der Waals surface area contributed by atoms with Crippen LogP contribution in [0.25, 0.3) is 11.0 Å². The van der Waals surface area contributed by atoms with Gasteiger partial charge in [0.2, 0.25) is 0 Å². The molecule has 0 aliphatic rings. The van der Waals surface area contributed by atoms with E-state index in [1.54, 1.807) is 12.3 Å². The standard InChI is InChI=1S/C14H11BrClFN4/c1-8-18-3-2-9(19-8)7-21-13-4-10(15)11(17)5-12(13)20-14(21)6-16/h2-5H,6-7H2,1H3. The highest BCUT2D eigenvalue weighted by molar-refractivity contribution is 9.10. The van der Waals surface area contributed by atoms with E-state index in [9.17, 15) is 4.39 Å². The first-order valence-corrected chi connectivity index (χ1v) is 7.60. The first-order chi connectivity index (χ1) is 10.1. The van der Waals surface area contributed by atoms with Crippen molar-refractivity contribution in [3.8, 4) is 0 Å². The summed E-state index contributed by atoms with van der Waals surface area (Å²) in [5.41, 5.74) is 2.25. The predicted octanol–water partition coefficient (Wildman–Crippen LogP) is 3.82. The smallest absolute Gasteiger partial charge is 0.139 e. The van der Waals surface area contributed by atoms with E-state index in [0.717, 1.165) is 11.2 Å². The van der Waals surface area contributed by atoms with Gasteiger partial charge in [-0.05, 0) is 35.0 Å². The fourth-order valence-electron chi connectivity index (χ4n) is 2.20. The van der Waals surface area contributed by atoms with Gasteiger partial charge in [0.25, 0.3) is 0 Å². The summed E-state index contributed by atoms with van der Waals surface area (Å²) in [7, 11) is 0. The second-order valence-corrected chi connectivity index (χ2v) is 5.72. The second kappa shape index (κ2) is 5.69. The minimum absolute atomic E-state index is 0.248. The molecular formula is C14H11BrClFN4. The van der Waals surface area contributed by atoms with Crippen molar-refractivity contribution in [3.63, 3.8) is 0 Å². The maximum absolute atomic E-state index is 13.6. The Kier molecular flexibility index (Phi) is 3.91. The zero-order valence-electron chi connectivity index (χ0n) is 11.1. The molecule has 21 heavy (non-hydrogen) atoms. The minimum atomic E-state index is -0.342. The van der Waals surface area contributed by atoms with Crippen LogP contribution >= 0.6 is 27.5 Å². The van der Waals surface area contributed by atoms with Crippen molar-refractivity contribution >= 4 is 38.6 Å². The van der Waals surface area contributed by atoms with Crippen molar-refractivity contribution < 1.29 is 4.39 Å². The van der Waals surface area contributed by atoms with Gasteiger partial charge in [0.1, 0.15) is 17.5 Å². The van der Waals surface area contributed by atoms with Crippen LogP contribution in [0.1, 0.15) is 17.3 Å². The lowest BCUT2D eigenvalue weighted by atomic mass is 10.3. The number of fused-ring (bicyclic) bond motifs is 1. The number of hydrogen-bond donors (Lipinski definition) is 0. The number of benzene rings is 1. The van der Waals surface area contributed by atoms with Gasteiger partial charge in [-0.25, -0.2) is 19.3 Å². The molecule has 0 amide bonds. The first-order valence-electron chi connectivity index (χ1n) is 6.27. The molecule has 0 aliphatic carbocycles. The van der Waals surface area contributed by atoms with E-state index in [1.165, 1.54) is 6.07 Å². The van der Waals surface area contributed by atoms with Crippen LogP contribution in [-0.2, 0) is 12.4 Å². The van der Waals surface area contributed by atoms with Gasteiger partial charge < -0.3 is 4.57 Å². The van der Waals surface area contributed by atoms with E-state index in [-0.39, 0.29) is 11.7 Å². The normalized spacial score (nSPS) is 11.2. The number of aromatic nitrogens is 4. The quantitative estimate of drug-likeness (QED) is 0.659. The number of imidazole rings is 1. The Morgan fingerprint density at radius 1 is 1.33 bits per heavy atom. The van der Waals surface area contributed by atoms with Crippen molar-refractivity contribution in [2.45, 2.75) is 19.3 Å². The number of halogens is 3. The Bertz CT molecular complexity index is 818. The van der Waals surface area contributed by atoms with Crippen LogP contribution < -0.4 is 0 Å². The molecule has 7 heteroatoms. The highest BCUT2D eigenvalue weighted by Gasteiger charge is 2.13. The molecule has 0 saturated heterocycles. The third-order valence-corrected chi connectivity index (χ3v) is 3.99. The van der Waals surface area contributed by atoms with E-state index < -0.39 is 0 Å². The van der Waals surface area contributed by atoms with Crippen LogP contribution in [0.3, 0.4) is 0 Å². The zero-order chi connectivity index (χ0) is 15.0. The van der Waals surface area contributed by atoms with Crippen molar-refractivity contribution in [2.75, 3.05) is 0 Å². The van der Waals surface area contributed by atoms with Crippen molar-refractivity contribution in [3.05, 3.63) is 52.0 Å². The third kappa shape index (κ3) is 2.78. The van der Waals surface area contributed by atoms with Gasteiger partial charge in [-0.2, -0.15) is 0 Å². The van der Waals surface area contributed by atoms with Crippen molar-refractivity contribution in [1.29, 1.82) is 0 Å². The summed E-state index contributed by atoms with van der Waals surface area (Å²) in [6.45, 7) is 2.35. The monoisotopic (exact) mass is 368 g/mol. The fraction of sp³-hybridized carbons (Fsp3) is 0.214.